The van der Waals surface area contributed by atoms with Crippen LogP contribution in [0.1, 0.15) is 33.1 Å². The molecule has 0 aliphatic carbocycles. The molecule has 1 aliphatic heterocycles. The molecule has 0 aromatic carbocycles. The Morgan fingerprint density at radius 2 is 2.20 bits per heavy atom. The largest absolute Gasteiger partial charge is 0.387 e. The fraction of sp³-hybridized carbons (Fsp3) is 1.00. The Morgan fingerprint density at radius 3 is 2.90 bits per heavy atom. The SMILES string of the molecule is C[C@H]1OCCCC[C@]1(C)O. The maximum atomic E-state index is 9.70. The maximum absolute atomic E-state index is 9.70. The molecule has 1 saturated heterocycles. The average Bonchev–Trinajstić information content (AvgIpc) is 1.96. The summed E-state index contributed by atoms with van der Waals surface area (Å²) in [5, 5.41) is 9.70. The molecule has 0 saturated carbocycles. The first-order valence-electron chi connectivity index (χ1n) is 3.97. The van der Waals surface area contributed by atoms with Crippen LogP contribution in [0.25, 0.3) is 0 Å². The van der Waals surface area contributed by atoms with Gasteiger partial charge in [0.25, 0.3) is 0 Å². The number of ether oxygens (including phenoxy) is 1. The van der Waals surface area contributed by atoms with E-state index < -0.39 is 5.60 Å². The molecular formula is C8H16O2. The van der Waals surface area contributed by atoms with Crippen molar-refractivity contribution in [2.75, 3.05) is 6.61 Å². The molecule has 1 fully saturated rings. The fourth-order valence-corrected chi connectivity index (χ4v) is 1.23. The van der Waals surface area contributed by atoms with Crippen LogP contribution >= 0.6 is 0 Å². The Labute approximate surface area is 62.2 Å². The zero-order chi connectivity index (χ0) is 7.61. The van der Waals surface area contributed by atoms with Gasteiger partial charge in [-0.3, -0.25) is 0 Å². The lowest BCUT2D eigenvalue weighted by Crippen LogP contribution is -2.37. The van der Waals surface area contributed by atoms with Crippen LogP contribution in [0, 0.1) is 0 Å². The molecule has 0 unspecified atom stereocenters. The van der Waals surface area contributed by atoms with Crippen molar-refractivity contribution >= 4 is 0 Å². The van der Waals surface area contributed by atoms with E-state index in [1.165, 1.54) is 0 Å². The minimum absolute atomic E-state index is 0.00463. The van der Waals surface area contributed by atoms with Gasteiger partial charge in [-0.25, -0.2) is 0 Å². The lowest BCUT2D eigenvalue weighted by atomic mass is 9.95. The molecule has 0 aromatic rings. The summed E-state index contributed by atoms with van der Waals surface area (Å²) < 4.78 is 5.37. The number of rotatable bonds is 0. The molecule has 2 atom stereocenters. The number of aliphatic hydroxyl groups is 1. The first-order valence-corrected chi connectivity index (χ1v) is 3.97. The number of hydrogen-bond donors (Lipinski definition) is 1. The Kier molecular flexibility index (Phi) is 2.32. The molecule has 60 valence electrons. The molecule has 10 heavy (non-hydrogen) atoms. The molecule has 2 heteroatoms. The van der Waals surface area contributed by atoms with Crippen LogP contribution in [0.15, 0.2) is 0 Å². The third-order valence-corrected chi connectivity index (χ3v) is 2.32. The van der Waals surface area contributed by atoms with Crippen LogP contribution in [0.2, 0.25) is 0 Å². The lowest BCUT2D eigenvalue weighted by Gasteiger charge is -2.27. The summed E-state index contributed by atoms with van der Waals surface area (Å²) in [4.78, 5) is 0. The van der Waals surface area contributed by atoms with Crippen molar-refractivity contribution in [2.45, 2.75) is 44.8 Å². The highest BCUT2D eigenvalue weighted by Crippen LogP contribution is 2.23. The summed E-state index contributed by atoms with van der Waals surface area (Å²) in [6.45, 7) is 4.59. The zero-order valence-corrected chi connectivity index (χ0v) is 6.76. The van der Waals surface area contributed by atoms with Crippen molar-refractivity contribution in [3.63, 3.8) is 0 Å². The van der Waals surface area contributed by atoms with Gasteiger partial charge < -0.3 is 9.84 Å². The van der Waals surface area contributed by atoms with Crippen molar-refractivity contribution in [3.05, 3.63) is 0 Å². The first kappa shape index (κ1) is 8.02. The Bertz CT molecular complexity index is 110. The third-order valence-electron chi connectivity index (χ3n) is 2.32. The van der Waals surface area contributed by atoms with E-state index in [0.717, 1.165) is 25.9 Å². The molecule has 0 aromatic heterocycles. The van der Waals surface area contributed by atoms with E-state index in [1.54, 1.807) is 0 Å². The summed E-state index contributed by atoms with van der Waals surface area (Å²) in [6, 6.07) is 0. The standard InChI is InChI=1S/C8H16O2/c1-7-8(2,9)5-3-4-6-10-7/h7,9H,3-6H2,1-2H3/t7-,8+/m1/s1. The lowest BCUT2D eigenvalue weighted by molar-refractivity contribution is -0.0792. The molecule has 0 amide bonds. The highest BCUT2D eigenvalue weighted by molar-refractivity contribution is 4.81. The highest BCUT2D eigenvalue weighted by Gasteiger charge is 2.30. The van der Waals surface area contributed by atoms with Crippen molar-refractivity contribution in [2.24, 2.45) is 0 Å². The van der Waals surface area contributed by atoms with Gasteiger partial charge in [-0.2, -0.15) is 0 Å². The van der Waals surface area contributed by atoms with Crippen molar-refractivity contribution < 1.29 is 9.84 Å². The number of hydrogen-bond acceptors (Lipinski definition) is 2. The Hall–Kier alpha value is -0.0800. The van der Waals surface area contributed by atoms with Gasteiger partial charge in [0.05, 0.1) is 11.7 Å². The third kappa shape index (κ3) is 1.70. The van der Waals surface area contributed by atoms with Crippen LogP contribution in [0.4, 0.5) is 0 Å². The predicted octanol–water partition coefficient (Wildman–Crippen LogP) is 1.33. The monoisotopic (exact) mass is 144 g/mol. The van der Waals surface area contributed by atoms with Crippen LogP contribution in [-0.2, 0) is 4.74 Å². The normalized spacial score (nSPS) is 42.9. The summed E-state index contributed by atoms with van der Waals surface area (Å²) in [7, 11) is 0. The Morgan fingerprint density at radius 1 is 1.50 bits per heavy atom. The minimum Gasteiger partial charge on any atom is -0.387 e. The topological polar surface area (TPSA) is 29.5 Å². The van der Waals surface area contributed by atoms with E-state index in [1.807, 2.05) is 13.8 Å². The Balaban J connectivity index is 2.52. The second-order valence-electron chi connectivity index (χ2n) is 3.33. The van der Waals surface area contributed by atoms with Gasteiger partial charge >= 0.3 is 0 Å². The van der Waals surface area contributed by atoms with Gasteiger partial charge in [0.15, 0.2) is 0 Å². The zero-order valence-electron chi connectivity index (χ0n) is 6.76. The van der Waals surface area contributed by atoms with Crippen LogP contribution in [-0.4, -0.2) is 23.4 Å². The van der Waals surface area contributed by atoms with Crippen molar-refractivity contribution in [1.82, 2.24) is 0 Å². The molecule has 0 radical (unpaired) electrons. The van der Waals surface area contributed by atoms with Crippen molar-refractivity contribution in [3.8, 4) is 0 Å². The van der Waals surface area contributed by atoms with E-state index in [4.69, 9.17) is 4.74 Å². The summed E-state index contributed by atoms with van der Waals surface area (Å²) in [5.41, 5.74) is -0.601. The van der Waals surface area contributed by atoms with Gasteiger partial charge in [-0.05, 0) is 33.1 Å². The quantitative estimate of drug-likeness (QED) is 0.555. The molecule has 1 heterocycles. The average molecular weight is 144 g/mol. The predicted molar refractivity (Wildman–Crippen MR) is 39.9 cm³/mol. The molecule has 1 aliphatic rings. The van der Waals surface area contributed by atoms with E-state index in [9.17, 15) is 5.11 Å². The molecule has 1 N–H and O–H groups in total. The van der Waals surface area contributed by atoms with Gasteiger partial charge in [-0.1, -0.05) is 0 Å². The molecule has 2 nitrogen and oxygen atoms in total. The van der Waals surface area contributed by atoms with Gasteiger partial charge in [0.1, 0.15) is 0 Å². The maximum Gasteiger partial charge on any atom is 0.0877 e. The second kappa shape index (κ2) is 2.89. The molecule has 0 spiro atoms. The van der Waals surface area contributed by atoms with E-state index >= 15 is 0 Å². The van der Waals surface area contributed by atoms with Gasteiger partial charge in [-0.15, -0.1) is 0 Å². The second-order valence-corrected chi connectivity index (χ2v) is 3.33. The molecule has 1 rings (SSSR count). The summed E-state index contributed by atoms with van der Waals surface area (Å²) in [5.74, 6) is 0. The molecule has 0 bridgehead atoms. The van der Waals surface area contributed by atoms with E-state index in [2.05, 4.69) is 0 Å². The van der Waals surface area contributed by atoms with Crippen molar-refractivity contribution in [1.29, 1.82) is 0 Å². The minimum atomic E-state index is -0.601. The summed E-state index contributed by atoms with van der Waals surface area (Å²) >= 11 is 0. The molecular weight excluding hydrogens is 128 g/mol. The fourth-order valence-electron chi connectivity index (χ4n) is 1.23. The smallest absolute Gasteiger partial charge is 0.0877 e. The van der Waals surface area contributed by atoms with Crippen LogP contribution in [0.5, 0.6) is 0 Å². The van der Waals surface area contributed by atoms with Gasteiger partial charge in [0.2, 0.25) is 0 Å². The van der Waals surface area contributed by atoms with E-state index in [-0.39, 0.29) is 6.10 Å². The first-order chi connectivity index (χ1) is 4.63. The van der Waals surface area contributed by atoms with Crippen LogP contribution in [0.3, 0.4) is 0 Å². The van der Waals surface area contributed by atoms with E-state index in [0.29, 0.717) is 0 Å². The highest BCUT2D eigenvalue weighted by atomic mass is 16.5. The van der Waals surface area contributed by atoms with Crippen LogP contribution < -0.4 is 0 Å². The summed E-state index contributed by atoms with van der Waals surface area (Å²) in [6.07, 6.45) is 3.03. The van der Waals surface area contributed by atoms with Gasteiger partial charge in [0, 0.05) is 6.61 Å².